The first-order chi connectivity index (χ1) is 40.9. The Balaban J connectivity index is 5.12. The van der Waals surface area contributed by atoms with Crippen LogP contribution in [0.5, 0.6) is 0 Å². The van der Waals surface area contributed by atoms with E-state index in [9.17, 15) is 19.0 Å². The van der Waals surface area contributed by atoms with E-state index in [2.05, 4.69) is 123 Å². The molecule has 3 atom stereocenters. The molecule has 0 aliphatic carbocycles. The minimum Gasteiger partial charge on any atom is -0.756 e. The molecule has 0 aromatic heterocycles. The molecule has 0 saturated carbocycles. The molecule has 0 radical (unpaired) electrons. The molecule has 3 unspecified atom stereocenters. The number of esters is 1. The van der Waals surface area contributed by atoms with Gasteiger partial charge in [0.05, 0.1) is 33.8 Å². The summed E-state index contributed by atoms with van der Waals surface area (Å²) in [6.45, 7) is 6.71. The van der Waals surface area contributed by atoms with Gasteiger partial charge in [-0.15, -0.1) is 0 Å². The lowest BCUT2D eigenvalue weighted by Gasteiger charge is -2.30. The van der Waals surface area contributed by atoms with E-state index in [-0.39, 0.29) is 24.9 Å². The first-order valence-electron chi connectivity index (χ1n) is 34.7. The predicted octanol–water partition coefficient (Wildman–Crippen LogP) is 21.4. The van der Waals surface area contributed by atoms with Crippen LogP contribution in [-0.2, 0) is 27.9 Å². The second-order valence-corrected chi connectivity index (χ2v) is 25.7. The van der Waals surface area contributed by atoms with Gasteiger partial charge in [0.1, 0.15) is 19.3 Å². The molecule has 0 saturated heterocycles. The monoisotopic (exact) mass is 1190 g/mol. The molecule has 10 heteroatoms. The Bertz CT molecular complexity index is 1810. The van der Waals surface area contributed by atoms with Crippen LogP contribution in [0.15, 0.2) is 109 Å². The number of likely N-dealkylation sites (N-methyl/N-ethyl adjacent to an activating group) is 1. The third-order valence-electron chi connectivity index (χ3n) is 14.9. The molecule has 1 N–H and O–H groups in total. The molecule has 9 nitrogen and oxygen atoms in total. The van der Waals surface area contributed by atoms with E-state index in [0.29, 0.717) is 17.4 Å². The summed E-state index contributed by atoms with van der Waals surface area (Å²) in [6, 6.07) is -0.901. The van der Waals surface area contributed by atoms with Gasteiger partial charge >= 0.3 is 5.97 Å². The van der Waals surface area contributed by atoms with Crippen molar-refractivity contribution in [1.29, 1.82) is 0 Å². The molecular weight excluding hydrogens is 1060 g/mol. The first-order valence-corrected chi connectivity index (χ1v) is 36.2. The molecule has 0 spiro atoms. The predicted molar refractivity (Wildman–Crippen MR) is 362 cm³/mol. The highest BCUT2D eigenvalue weighted by Gasteiger charge is 2.27. The van der Waals surface area contributed by atoms with Crippen molar-refractivity contribution in [3.63, 3.8) is 0 Å². The number of nitrogens with zero attached hydrogens (tertiary/aromatic N) is 1. The minimum atomic E-state index is -4.71. The normalized spacial score (nSPS) is 14.2. The van der Waals surface area contributed by atoms with Crippen molar-refractivity contribution >= 4 is 19.7 Å². The number of allylic oxidation sites excluding steroid dienone is 17. The molecule has 484 valence electrons. The second kappa shape index (κ2) is 62.7. The maximum atomic E-state index is 13.6. The number of phosphoric acid groups is 1. The molecule has 84 heavy (non-hydrogen) atoms. The zero-order chi connectivity index (χ0) is 61.4. The van der Waals surface area contributed by atoms with Gasteiger partial charge in [-0.2, -0.15) is 0 Å². The summed E-state index contributed by atoms with van der Waals surface area (Å²) >= 11 is 0. The topological polar surface area (TPSA) is 114 Å². The van der Waals surface area contributed by atoms with Crippen LogP contribution in [0.4, 0.5) is 0 Å². The van der Waals surface area contributed by atoms with Crippen LogP contribution in [0.1, 0.15) is 297 Å². The van der Waals surface area contributed by atoms with Crippen molar-refractivity contribution in [2.75, 3.05) is 40.9 Å². The number of carbonyl (C=O) groups excluding carboxylic acids is 2. The summed E-state index contributed by atoms with van der Waals surface area (Å²) in [4.78, 5) is 40.2. The average Bonchev–Trinajstić information content (AvgIpc) is 3.65. The number of carbonyl (C=O) groups is 2. The summed E-state index contributed by atoms with van der Waals surface area (Å²) in [5, 5.41) is 3.03. The number of unbranched alkanes of at least 4 members (excludes halogenated alkanes) is 30. The van der Waals surface area contributed by atoms with Crippen molar-refractivity contribution in [1.82, 2.24) is 5.32 Å². The summed E-state index contributed by atoms with van der Waals surface area (Å²) in [5.74, 6) is -0.555. The highest BCUT2D eigenvalue weighted by molar-refractivity contribution is 7.45. The number of ether oxygens (including phenoxy) is 1. The highest BCUT2D eigenvalue weighted by atomic mass is 31.2. The third kappa shape index (κ3) is 63.2. The Kier molecular flexibility index (Phi) is 60.2. The Morgan fingerprint density at radius 1 is 0.429 bits per heavy atom. The minimum absolute atomic E-state index is 0.0291. The van der Waals surface area contributed by atoms with Crippen LogP contribution >= 0.6 is 7.82 Å². The van der Waals surface area contributed by atoms with Crippen molar-refractivity contribution in [3.8, 4) is 0 Å². The number of quaternary nitrogens is 1. The molecule has 0 aromatic carbocycles. The summed E-state index contributed by atoms with van der Waals surface area (Å²) in [5.41, 5.74) is 0. The molecule has 0 bridgehead atoms. The van der Waals surface area contributed by atoms with E-state index in [0.717, 1.165) is 128 Å². The van der Waals surface area contributed by atoms with Gasteiger partial charge < -0.3 is 28.5 Å². The van der Waals surface area contributed by atoms with Gasteiger partial charge in [-0.25, -0.2) is 0 Å². The fraction of sp³-hybridized carbons (Fsp3) is 0.730. The van der Waals surface area contributed by atoms with Crippen molar-refractivity contribution < 1.29 is 37.3 Å². The number of amides is 1. The highest BCUT2D eigenvalue weighted by Crippen LogP contribution is 2.38. The summed E-state index contributed by atoms with van der Waals surface area (Å²) in [7, 11) is 1.17. The molecule has 0 rings (SSSR count). The van der Waals surface area contributed by atoms with Crippen LogP contribution in [-0.4, -0.2) is 69.4 Å². The maximum Gasteiger partial charge on any atom is 0.306 e. The molecule has 0 aliphatic heterocycles. The molecule has 1 amide bonds. The largest absolute Gasteiger partial charge is 0.756 e. The van der Waals surface area contributed by atoms with Gasteiger partial charge in [0.15, 0.2) is 0 Å². The van der Waals surface area contributed by atoms with Gasteiger partial charge in [-0.3, -0.25) is 14.2 Å². The van der Waals surface area contributed by atoms with Gasteiger partial charge in [-0.1, -0.05) is 278 Å². The number of hydrogen-bond donors (Lipinski definition) is 1. The molecule has 0 aromatic rings. The fourth-order valence-corrected chi connectivity index (χ4v) is 10.3. The first kappa shape index (κ1) is 80.7. The lowest BCUT2D eigenvalue weighted by Crippen LogP contribution is -2.47. The summed E-state index contributed by atoms with van der Waals surface area (Å²) < 4.78 is 30.4. The average molecular weight is 1190 g/mol. The van der Waals surface area contributed by atoms with Crippen LogP contribution in [0.25, 0.3) is 0 Å². The zero-order valence-electron chi connectivity index (χ0n) is 55.3. The standard InChI is InChI=1S/C74H131N2O7P/c1-7-10-13-16-19-22-25-28-30-32-34-35-36-37-38-39-40-41-43-45-47-49-52-55-58-61-64-67-74(78)83-72(65-62-59-56-53-50-27-24-21-18-15-12-9-3)71(70-82-84(79,80)81-69-68-76(4,5)6)75-73(77)66-63-60-57-54-51-48-46-44-42-33-31-29-26-23-20-17-14-11-8-2/h10,13,19-20,22-23,28-31,34-35,37-38,40-41,62,65,71-72H,7-9,11-12,14-18,21,24-27,32-33,36,39,42-61,63-64,66-70H2,1-6H3,(H-,75,77,79,80)/b13-10-,22-19-,23-20-,30-28-,31-29-,35-34-,38-37-,41-40-,65-62-. The number of rotatable bonds is 62. The number of hydrogen-bond acceptors (Lipinski definition) is 7. The van der Waals surface area contributed by atoms with Crippen LogP contribution in [0.2, 0.25) is 0 Å². The molecular formula is C74H131N2O7P. The van der Waals surface area contributed by atoms with E-state index in [1.807, 2.05) is 33.3 Å². The Labute approximate surface area is 519 Å². The Morgan fingerprint density at radius 3 is 1.17 bits per heavy atom. The van der Waals surface area contributed by atoms with Crippen LogP contribution in [0, 0.1) is 0 Å². The molecule has 0 fully saturated rings. The Morgan fingerprint density at radius 2 is 0.762 bits per heavy atom. The van der Waals surface area contributed by atoms with Crippen molar-refractivity contribution in [2.24, 2.45) is 0 Å². The number of nitrogens with one attached hydrogen (secondary N) is 1. The SMILES string of the molecule is CC/C=C\C/C=C\C/C=C\C/C=C\C/C=C\C/C=C\CCCCCCCCCCC(=O)OC(/C=C\CCCCCCCCCCCC)C(COP(=O)([O-])OCC[N+](C)(C)C)NC(=O)CCCCCCCCCCC/C=C\C/C=C\CCCCC. The van der Waals surface area contributed by atoms with E-state index in [4.69, 9.17) is 13.8 Å². The van der Waals surface area contributed by atoms with Gasteiger partial charge in [0, 0.05) is 12.8 Å². The Hall–Kier alpha value is -3.33. The van der Waals surface area contributed by atoms with Crippen LogP contribution < -0.4 is 10.2 Å². The maximum absolute atomic E-state index is 13.6. The summed E-state index contributed by atoms with van der Waals surface area (Å²) in [6.07, 6.45) is 86.3. The molecule has 0 aliphatic rings. The molecule has 0 heterocycles. The van der Waals surface area contributed by atoms with Crippen molar-refractivity contribution in [2.45, 2.75) is 309 Å². The van der Waals surface area contributed by atoms with Gasteiger partial charge in [0.2, 0.25) is 5.91 Å². The van der Waals surface area contributed by atoms with E-state index >= 15 is 0 Å². The third-order valence-corrected chi connectivity index (χ3v) is 15.9. The number of phosphoric ester groups is 1. The van der Waals surface area contributed by atoms with Gasteiger partial charge in [-0.05, 0) is 115 Å². The van der Waals surface area contributed by atoms with Crippen LogP contribution in [0.3, 0.4) is 0 Å². The van der Waals surface area contributed by atoms with E-state index in [1.165, 1.54) is 135 Å². The quantitative estimate of drug-likeness (QED) is 0.0212. The zero-order valence-corrected chi connectivity index (χ0v) is 56.2. The van der Waals surface area contributed by atoms with Crippen molar-refractivity contribution in [3.05, 3.63) is 109 Å². The van der Waals surface area contributed by atoms with Gasteiger partial charge in [0.25, 0.3) is 7.82 Å². The van der Waals surface area contributed by atoms with E-state index in [1.54, 1.807) is 0 Å². The van der Waals surface area contributed by atoms with E-state index < -0.39 is 26.6 Å². The fourth-order valence-electron chi connectivity index (χ4n) is 9.62. The lowest BCUT2D eigenvalue weighted by molar-refractivity contribution is -0.870. The second-order valence-electron chi connectivity index (χ2n) is 24.3. The lowest BCUT2D eigenvalue weighted by atomic mass is 10.0. The smallest absolute Gasteiger partial charge is 0.306 e.